The van der Waals surface area contributed by atoms with Gasteiger partial charge in [0.15, 0.2) is 0 Å². The van der Waals surface area contributed by atoms with Crippen molar-refractivity contribution in [1.29, 1.82) is 0 Å². The number of sulfonamides is 1. The Hall–Kier alpha value is -3.07. The number of nitrogens with one attached hydrogen (secondary N) is 1. The van der Waals surface area contributed by atoms with Gasteiger partial charge in [0, 0.05) is 13.1 Å². The van der Waals surface area contributed by atoms with Gasteiger partial charge >= 0.3 is 0 Å². The first-order chi connectivity index (χ1) is 17.3. The third kappa shape index (κ3) is 5.83. The highest BCUT2D eigenvalue weighted by molar-refractivity contribution is 7.92. The molecule has 2 amide bonds. The first kappa shape index (κ1) is 26.0. The predicted molar refractivity (Wildman–Crippen MR) is 142 cm³/mol. The topological polar surface area (TPSA) is 86.8 Å². The van der Waals surface area contributed by atoms with Crippen LogP contribution in [0.1, 0.15) is 29.6 Å². The number of hydrogen-bond acceptors (Lipinski definition) is 4. The maximum Gasteiger partial charge on any atom is 0.264 e. The van der Waals surface area contributed by atoms with Gasteiger partial charge in [-0.15, -0.1) is 0 Å². The Balaban J connectivity index is 1.62. The molecule has 0 radical (unpaired) electrons. The van der Waals surface area contributed by atoms with Crippen LogP contribution in [0, 0.1) is 0 Å². The number of likely N-dealkylation sites (tertiary alicyclic amines) is 1. The van der Waals surface area contributed by atoms with Crippen LogP contribution < -0.4 is 9.62 Å². The Bertz CT molecular complexity index is 1360. The number of anilines is 2. The van der Waals surface area contributed by atoms with Crippen LogP contribution in [0.3, 0.4) is 0 Å². The smallest absolute Gasteiger partial charge is 0.264 e. The van der Waals surface area contributed by atoms with E-state index in [1.165, 1.54) is 30.3 Å². The second-order valence-electron chi connectivity index (χ2n) is 8.37. The number of benzene rings is 3. The second-order valence-corrected chi connectivity index (χ2v) is 11.0. The first-order valence-corrected chi connectivity index (χ1v) is 13.7. The molecule has 0 aliphatic carbocycles. The van der Waals surface area contributed by atoms with Crippen molar-refractivity contribution in [2.24, 2.45) is 0 Å². The molecule has 1 aliphatic rings. The number of rotatable bonds is 7. The standard InChI is InChI=1S/C26H25Cl2N3O4S/c27-22-14-13-19(17-23(22)28)31(36(34,35)20-9-3-1-4-10-20)18-25(32)29-24-12-6-5-11-21(24)26(33)30-15-7-2-8-16-30/h1,3-6,9-14,17H,2,7-8,15-16,18H2,(H,29,32). The van der Waals surface area contributed by atoms with Crippen molar-refractivity contribution in [3.8, 4) is 0 Å². The van der Waals surface area contributed by atoms with E-state index in [9.17, 15) is 18.0 Å². The van der Waals surface area contributed by atoms with Crippen LogP contribution >= 0.6 is 23.2 Å². The molecule has 0 aromatic heterocycles. The minimum Gasteiger partial charge on any atom is -0.339 e. The molecule has 4 rings (SSSR count). The molecule has 0 bridgehead atoms. The molecule has 0 atom stereocenters. The molecule has 0 saturated carbocycles. The van der Waals surface area contributed by atoms with Crippen LogP contribution in [0.5, 0.6) is 0 Å². The van der Waals surface area contributed by atoms with E-state index in [-0.39, 0.29) is 26.5 Å². The molecular weight excluding hydrogens is 521 g/mol. The number of hydrogen-bond donors (Lipinski definition) is 1. The Morgan fingerprint density at radius 1 is 0.861 bits per heavy atom. The fourth-order valence-corrected chi connectivity index (χ4v) is 5.77. The van der Waals surface area contributed by atoms with Gasteiger partial charge in [-0.1, -0.05) is 53.5 Å². The fraction of sp³-hybridized carbons (Fsp3) is 0.231. The predicted octanol–water partition coefficient (Wildman–Crippen LogP) is 5.45. The lowest BCUT2D eigenvalue weighted by Gasteiger charge is -2.28. The summed E-state index contributed by atoms with van der Waals surface area (Å²) >= 11 is 12.2. The van der Waals surface area contributed by atoms with E-state index >= 15 is 0 Å². The summed E-state index contributed by atoms with van der Waals surface area (Å²) in [5.74, 6) is -0.775. The number of amides is 2. The molecule has 3 aromatic rings. The van der Waals surface area contributed by atoms with Crippen molar-refractivity contribution in [3.05, 3.63) is 88.4 Å². The molecule has 1 fully saturated rings. The van der Waals surface area contributed by atoms with Gasteiger partial charge < -0.3 is 10.2 Å². The molecule has 188 valence electrons. The van der Waals surface area contributed by atoms with Crippen LogP contribution in [0.15, 0.2) is 77.7 Å². The average molecular weight is 546 g/mol. The van der Waals surface area contributed by atoms with E-state index in [4.69, 9.17) is 23.2 Å². The van der Waals surface area contributed by atoms with Gasteiger partial charge in [-0.2, -0.15) is 0 Å². The van der Waals surface area contributed by atoms with Crippen LogP contribution in [0.25, 0.3) is 0 Å². The van der Waals surface area contributed by atoms with Crippen LogP contribution in [-0.2, 0) is 14.8 Å². The van der Waals surface area contributed by atoms with Crippen molar-refractivity contribution < 1.29 is 18.0 Å². The molecule has 1 heterocycles. The summed E-state index contributed by atoms with van der Waals surface area (Å²) in [4.78, 5) is 28.1. The van der Waals surface area contributed by atoms with E-state index in [0.717, 1.165) is 23.6 Å². The highest BCUT2D eigenvalue weighted by atomic mass is 35.5. The zero-order valence-electron chi connectivity index (χ0n) is 19.4. The Kier molecular flexibility index (Phi) is 8.18. The number of para-hydroxylation sites is 1. The zero-order chi connectivity index (χ0) is 25.7. The summed E-state index contributed by atoms with van der Waals surface area (Å²) in [7, 11) is -4.12. The summed E-state index contributed by atoms with van der Waals surface area (Å²) in [5, 5.41) is 3.14. The van der Waals surface area contributed by atoms with E-state index in [1.807, 2.05) is 0 Å². The molecule has 0 spiro atoms. The van der Waals surface area contributed by atoms with Crippen LogP contribution in [0.2, 0.25) is 10.0 Å². The second kappa shape index (κ2) is 11.3. The molecule has 7 nitrogen and oxygen atoms in total. The van der Waals surface area contributed by atoms with Crippen molar-refractivity contribution >= 4 is 56.4 Å². The SMILES string of the molecule is O=C(CN(c1ccc(Cl)c(Cl)c1)S(=O)(=O)c1ccccc1)Nc1ccccc1C(=O)N1CCCCC1. The summed E-state index contributed by atoms with van der Waals surface area (Å²) in [6.45, 7) is 0.796. The van der Waals surface area contributed by atoms with E-state index in [1.54, 1.807) is 47.4 Å². The minimum atomic E-state index is -4.12. The molecule has 1 aliphatic heterocycles. The summed E-state index contributed by atoms with van der Waals surface area (Å²) in [6, 6.07) is 18.9. The molecule has 10 heteroatoms. The van der Waals surface area contributed by atoms with Crippen molar-refractivity contribution in [1.82, 2.24) is 4.90 Å². The molecule has 1 saturated heterocycles. The quantitative estimate of drug-likeness (QED) is 0.427. The van der Waals surface area contributed by atoms with Crippen LogP contribution in [-0.4, -0.2) is 44.8 Å². The number of piperidine rings is 1. The summed E-state index contributed by atoms with van der Waals surface area (Å²) < 4.78 is 28.0. The summed E-state index contributed by atoms with van der Waals surface area (Å²) in [5.41, 5.74) is 0.866. The van der Waals surface area contributed by atoms with Gasteiger partial charge in [-0.25, -0.2) is 8.42 Å². The Morgan fingerprint density at radius 2 is 1.53 bits per heavy atom. The maximum atomic E-state index is 13.5. The first-order valence-electron chi connectivity index (χ1n) is 11.5. The van der Waals surface area contributed by atoms with Gasteiger partial charge in [-0.05, 0) is 61.7 Å². The normalized spacial score (nSPS) is 13.8. The van der Waals surface area contributed by atoms with Gasteiger partial charge in [0.05, 0.1) is 31.9 Å². The average Bonchev–Trinajstić information content (AvgIpc) is 2.90. The lowest BCUT2D eigenvalue weighted by molar-refractivity contribution is -0.114. The molecule has 0 unspecified atom stereocenters. The summed E-state index contributed by atoms with van der Waals surface area (Å²) in [6.07, 6.45) is 2.97. The molecular formula is C26H25Cl2N3O4S. The third-order valence-electron chi connectivity index (χ3n) is 5.88. The lowest BCUT2D eigenvalue weighted by Crippen LogP contribution is -2.39. The molecule has 36 heavy (non-hydrogen) atoms. The number of carbonyl (C=O) groups is 2. The van der Waals surface area contributed by atoms with Gasteiger partial charge in [0.25, 0.3) is 15.9 Å². The van der Waals surface area contributed by atoms with Crippen LogP contribution in [0.4, 0.5) is 11.4 Å². The number of nitrogens with zero attached hydrogens (tertiary/aromatic N) is 2. The Morgan fingerprint density at radius 3 is 2.22 bits per heavy atom. The van der Waals surface area contributed by atoms with Crippen molar-refractivity contribution in [2.45, 2.75) is 24.2 Å². The Labute approximate surface area is 220 Å². The fourth-order valence-electron chi connectivity index (χ4n) is 4.04. The molecule has 1 N–H and O–H groups in total. The van der Waals surface area contributed by atoms with Gasteiger partial charge in [0.2, 0.25) is 5.91 Å². The lowest BCUT2D eigenvalue weighted by atomic mass is 10.1. The van der Waals surface area contributed by atoms with Crippen molar-refractivity contribution in [2.75, 3.05) is 29.3 Å². The minimum absolute atomic E-state index is 0.0181. The number of carbonyl (C=O) groups excluding carboxylic acids is 2. The number of halogens is 2. The maximum absolute atomic E-state index is 13.5. The largest absolute Gasteiger partial charge is 0.339 e. The zero-order valence-corrected chi connectivity index (χ0v) is 21.7. The monoisotopic (exact) mass is 545 g/mol. The van der Waals surface area contributed by atoms with E-state index in [2.05, 4.69) is 5.32 Å². The third-order valence-corrected chi connectivity index (χ3v) is 8.41. The van der Waals surface area contributed by atoms with Gasteiger partial charge in [-0.3, -0.25) is 13.9 Å². The van der Waals surface area contributed by atoms with Crippen molar-refractivity contribution in [3.63, 3.8) is 0 Å². The van der Waals surface area contributed by atoms with E-state index in [0.29, 0.717) is 24.3 Å². The highest BCUT2D eigenvalue weighted by Gasteiger charge is 2.28. The van der Waals surface area contributed by atoms with E-state index < -0.39 is 22.5 Å². The molecule has 3 aromatic carbocycles. The highest BCUT2D eigenvalue weighted by Crippen LogP contribution is 2.30. The van der Waals surface area contributed by atoms with Gasteiger partial charge in [0.1, 0.15) is 6.54 Å².